The molecule has 0 unspecified atom stereocenters. The van der Waals surface area contributed by atoms with Crippen molar-refractivity contribution in [3.05, 3.63) is 59.7 Å². The normalized spacial score (nSPS) is 11.0. The van der Waals surface area contributed by atoms with Gasteiger partial charge in [-0.3, -0.25) is 0 Å². The number of unbranched alkanes of at least 4 members (excludes halogenated alkanes) is 3. The Kier molecular flexibility index (Phi) is 7.36. The van der Waals surface area contributed by atoms with Crippen LogP contribution in [0.3, 0.4) is 0 Å². The number of hydrogen-bond acceptors (Lipinski definition) is 2. The zero-order chi connectivity index (χ0) is 18.2. The van der Waals surface area contributed by atoms with Crippen LogP contribution >= 0.6 is 0 Å². The highest BCUT2D eigenvalue weighted by molar-refractivity contribution is 5.62. The molecule has 0 atom stereocenters. The van der Waals surface area contributed by atoms with Crippen molar-refractivity contribution in [1.29, 1.82) is 0 Å². The number of rotatable bonds is 9. The van der Waals surface area contributed by atoms with Gasteiger partial charge in [0.25, 0.3) is 0 Å². The molecule has 0 saturated heterocycles. The average Bonchev–Trinajstić information content (AvgIpc) is 2.62. The van der Waals surface area contributed by atoms with Crippen molar-refractivity contribution in [3.63, 3.8) is 0 Å². The van der Waals surface area contributed by atoms with Crippen LogP contribution in [0.1, 0.15) is 56.1 Å². The predicted octanol–water partition coefficient (Wildman–Crippen LogP) is 5.92. The van der Waals surface area contributed by atoms with Gasteiger partial charge in [-0.2, -0.15) is 0 Å². The summed E-state index contributed by atoms with van der Waals surface area (Å²) in [7, 11) is 8.57. The van der Waals surface area contributed by atoms with Crippen LogP contribution in [-0.2, 0) is 0 Å². The maximum Gasteiger partial charge on any atom is 0.0399 e. The number of hydrogen-bond donors (Lipinski definition) is 0. The smallest absolute Gasteiger partial charge is 0.0399 e. The van der Waals surface area contributed by atoms with Crippen molar-refractivity contribution in [2.24, 2.45) is 0 Å². The summed E-state index contributed by atoms with van der Waals surface area (Å²) in [5.41, 5.74) is 5.55. The zero-order valence-electron chi connectivity index (χ0n) is 16.6. The standard InChI is InChI=1S/C23H34N2/c1-6-7-8-9-14-19(20-15-10-12-17-22(20)24(2)3)21-16-11-13-18-23(21)25(4)5/h10-13,15-19H,6-9,14H2,1-5H3. The Bertz CT molecular complexity index is 595. The van der Waals surface area contributed by atoms with E-state index in [2.05, 4.69) is 93.4 Å². The van der Waals surface area contributed by atoms with Crippen LogP contribution in [0, 0.1) is 0 Å². The lowest BCUT2D eigenvalue weighted by atomic mass is 9.84. The maximum atomic E-state index is 2.31. The Balaban J connectivity index is 2.44. The van der Waals surface area contributed by atoms with E-state index >= 15 is 0 Å². The van der Waals surface area contributed by atoms with Gasteiger partial charge in [0.2, 0.25) is 0 Å². The largest absolute Gasteiger partial charge is 0.377 e. The summed E-state index contributed by atoms with van der Waals surface area (Å²) in [5, 5.41) is 0. The van der Waals surface area contributed by atoms with E-state index in [0.29, 0.717) is 5.92 Å². The van der Waals surface area contributed by atoms with Gasteiger partial charge in [-0.05, 0) is 29.7 Å². The van der Waals surface area contributed by atoms with Crippen molar-refractivity contribution in [2.75, 3.05) is 38.0 Å². The molecule has 2 heteroatoms. The van der Waals surface area contributed by atoms with E-state index in [0.717, 1.165) is 0 Å². The summed E-state index contributed by atoms with van der Waals surface area (Å²) in [6.07, 6.45) is 6.42. The van der Waals surface area contributed by atoms with Crippen LogP contribution in [-0.4, -0.2) is 28.2 Å². The van der Waals surface area contributed by atoms with Gasteiger partial charge in [0.15, 0.2) is 0 Å². The van der Waals surface area contributed by atoms with Crippen molar-refractivity contribution in [2.45, 2.75) is 44.9 Å². The summed E-state index contributed by atoms with van der Waals surface area (Å²) in [6, 6.07) is 17.8. The van der Waals surface area contributed by atoms with Gasteiger partial charge in [0.05, 0.1) is 0 Å². The Labute approximate surface area is 154 Å². The second kappa shape index (κ2) is 9.50. The zero-order valence-corrected chi connectivity index (χ0v) is 16.6. The fourth-order valence-corrected chi connectivity index (χ4v) is 3.63. The van der Waals surface area contributed by atoms with E-state index in [1.165, 1.54) is 54.6 Å². The molecule has 0 radical (unpaired) electrons. The third kappa shape index (κ3) is 5.01. The Morgan fingerprint density at radius 1 is 0.680 bits per heavy atom. The Morgan fingerprint density at radius 2 is 1.16 bits per heavy atom. The minimum atomic E-state index is 0.439. The SMILES string of the molecule is CCCCCCC(c1ccccc1N(C)C)c1ccccc1N(C)C. The first kappa shape index (κ1) is 19.4. The molecule has 0 aliphatic carbocycles. The highest BCUT2D eigenvalue weighted by Gasteiger charge is 2.21. The molecule has 0 amide bonds. The Morgan fingerprint density at radius 3 is 1.60 bits per heavy atom. The molecule has 25 heavy (non-hydrogen) atoms. The number of para-hydroxylation sites is 2. The van der Waals surface area contributed by atoms with Gasteiger partial charge in [0.1, 0.15) is 0 Å². The van der Waals surface area contributed by atoms with Crippen LogP contribution in [0.15, 0.2) is 48.5 Å². The molecule has 0 N–H and O–H groups in total. The van der Waals surface area contributed by atoms with Crippen molar-refractivity contribution in [1.82, 2.24) is 0 Å². The van der Waals surface area contributed by atoms with E-state index in [-0.39, 0.29) is 0 Å². The first-order chi connectivity index (χ1) is 12.1. The molecule has 0 spiro atoms. The molecule has 2 nitrogen and oxygen atoms in total. The molecule has 2 aromatic rings. The molecule has 0 aromatic heterocycles. The fraction of sp³-hybridized carbons (Fsp3) is 0.478. The molecule has 0 heterocycles. The lowest BCUT2D eigenvalue weighted by molar-refractivity contribution is 0.596. The summed E-state index contributed by atoms with van der Waals surface area (Å²) in [5.74, 6) is 0.439. The minimum absolute atomic E-state index is 0.439. The molecule has 0 aliphatic rings. The summed E-state index contributed by atoms with van der Waals surface area (Å²) < 4.78 is 0. The first-order valence-corrected chi connectivity index (χ1v) is 9.58. The lowest BCUT2D eigenvalue weighted by Gasteiger charge is -2.28. The molecular weight excluding hydrogens is 304 g/mol. The molecule has 0 bridgehead atoms. The third-order valence-electron chi connectivity index (χ3n) is 4.93. The van der Waals surface area contributed by atoms with Crippen molar-refractivity contribution < 1.29 is 0 Å². The maximum absolute atomic E-state index is 2.31. The van der Waals surface area contributed by atoms with Crippen LogP contribution < -0.4 is 9.80 Å². The summed E-state index contributed by atoms with van der Waals surface area (Å²) >= 11 is 0. The average molecular weight is 339 g/mol. The first-order valence-electron chi connectivity index (χ1n) is 9.58. The molecular formula is C23H34N2. The molecule has 2 aromatic carbocycles. The highest BCUT2D eigenvalue weighted by Crippen LogP contribution is 2.39. The predicted molar refractivity (Wildman–Crippen MR) is 112 cm³/mol. The van der Waals surface area contributed by atoms with E-state index in [1.54, 1.807) is 0 Å². The summed E-state index contributed by atoms with van der Waals surface area (Å²) in [6.45, 7) is 2.28. The van der Waals surface area contributed by atoms with Crippen LogP contribution in [0.4, 0.5) is 11.4 Å². The fourth-order valence-electron chi connectivity index (χ4n) is 3.63. The van der Waals surface area contributed by atoms with Crippen LogP contribution in [0.25, 0.3) is 0 Å². The second-order valence-corrected chi connectivity index (χ2v) is 7.31. The number of nitrogens with zero attached hydrogens (tertiary/aromatic N) is 2. The van der Waals surface area contributed by atoms with Gasteiger partial charge in [-0.1, -0.05) is 69.0 Å². The van der Waals surface area contributed by atoms with Gasteiger partial charge < -0.3 is 9.80 Å². The number of benzene rings is 2. The van der Waals surface area contributed by atoms with Gasteiger partial charge >= 0.3 is 0 Å². The monoisotopic (exact) mass is 338 g/mol. The molecule has 0 fully saturated rings. The van der Waals surface area contributed by atoms with E-state index < -0.39 is 0 Å². The molecule has 136 valence electrons. The van der Waals surface area contributed by atoms with Gasteiger partial charge in [0, 0.05) is 45.5 Å². The van der Waals surface area contributed by atoms with Crippen molar-refractivity contribution in [3.8, 4) is 0 Å². The topological polar surface area (TPSA) is 6.48 Å². The Hall–Kier alpha value is -1.96. The van der Waals surface area contributed by atoms with Crippen LogP contribution in [0.2, 0.25) is 0 Å². The molecule has 0 aliphatic heterocycles. The van der Waals surface area contributed by atoms with E-state index in [1.807, 2.05) is 0 Å². The van der Waals surface area contributed by atoms with Crippen LogP contribution in [0.5, 0.6) is 0 Å². The van der Waals surface area contributed by atoms with Crippen molar-refractivity contribution >= 4 is 11.4 Å². The van der Waals surface area contributed by atoms with Gasteiger partial charge in [-0.15, -0.1) is 0 Å². The molecule has 0 saturated carbocycles. The summed E-state index contributed by atoms with van der Waals surface area (Å²) in [4.78, 5) is 4.49. The third-order valence-corrected chi connectivity index (χ3v) is 4.93. The minimum Gasteiger partial charge on any atom is -0.377 e. The molecule has 2 rings (SSSR count). The number of anilines is 2. The lowest BCUT2D eigenvalue weighted by Crippen LogP contribution is -2.17. The van der Waals surface area contributed by atoms with E-state index in [9.17, 15) is 0 Å². The van der Waals surface area contributed by atoms with E-state index in [4.69, 9.17) is 0 Å². The van der Waals surface area contributed by atoms with Gasteiger partial charge in [-0.25, -0.2) is 0 Å². The highest BCUT2D eigenvalue weighted by atomic mass is 15.1. The quantitative estimate of drug-likeness (QED) is 0.524. The second-order valence-electron chi connectivity index (χ2n) is 7.31.